The first-order valence-corrected chi connectivity index (χ1v) is 47.2. The predicted molar refractivity (Wildman–Crippen MR) is 525 cm³/mol. The lowest BCUT2D eigenvalue weighted by atomic mass is 9.91. The monoisotopic (exact) mass is 1840 g/mol. The normalized spacial score (nSPS) is 16.8. The second-order valence-electron chi connectivity index (χ2n) is 36.8. The molecule has 9 aromatic carbocycles. The van der Waals surface area contributed by atoms with Crippen molar-refractivity contribution in [2.24, 2.45) is 0 Å². The molecule has 17 rings (SSSR count). The minimum Gasteiger partial charge on any atom is -0.479 e. The first-order valence-electron chi connectivity index (χ1n) is 43.7. The quantitative estimate of drug-likeness (QED) is 0.0447. The number of imidazole rings is 2. The number of ether oxygens (including phenoxy) is 5. The molecule has 3 aliphatic rings. The van der Waals surface area contributed by atoms with E-state index in [2.05, 4.69) is 113 Å². The average Bonchev–Trinajstić information content (AvgIpc) is 1.42. The van der Waals surface area contributed by atoms with Crippen molar-refractivity contribution in [1.29, 1.82) is 0 Å². The van der Waals surface area contributed by atoms with E-state index in [9.17, 15) is 19.5 Å². The number of nitrogens with zero attached hydrogens (tertiary/aromatic N) is 10. The van der Waals surface area contributed by atoms with Crippen LogP contribution in [0.4, 0.5) is 11.4 Å². The largest absolute Gasteiger partial charge is 0.479 e. The molecule has 0 unspecified atom stereocenters. The van der Waals surface area contributed by atoms with Crippen LogP contribution in [0, 0.1) is 34.6 Å². The van der Waals surface area contributed by atoms with Crippen LogP contribution in [-0.4, -0.2) is 168 Å². The number of hydrogen-bond donors (Lipinski definition) is 3. The van der Waals surface area contributed by atoms with Crippen molar-refractivity contribution in [1.82, 2.24) is 48.8 Å². The molecular formula is C101H113Cl3N12O9S3. The van der Waals surface area contributed by atoms with Gasteiger partial charge in [-0.15, -0.1) is 34.0 Å². The second-order valence-corrected chi connectivity index (χ2v) is 41.1. The number of carboxylic acid groups (broad SMARTS) is 1. The van der Waals surface area contributed by atoms with Gasteiger partial charge in [0.25, 0.3) is 0 Å². The smallest absolute Gasteiger partial charge is 0.339 e. The maximum absolute atomic E-state index is 13.5. The molecule has 4 N–H and O–H groups in total. The number of esters is 2. The van der Waals surface area contributed by atoms with Gasteiger partial charge in [0.2, 0.25) is 0 Å². The van der Waals surface area contributed by atoms with Crippen LogP contribution in [0.2, 0.25) is 15.1 Å². The number of likely N-dealkylation sites (N-methyl/N-ethyl adjacent to an activating group) is 3. The van der Waals surface area contributed by atoms with Crippen LogP contribution in [0.25, 0.3) is 118 Å². The molecule has 0 aliphatic carbocycles. The summed E-state index contributed by atoms with van der Waals surface area (Å²) in [4.78, 5) is 71.6. The summed E-state index contributed by atoms with van der Waals surface area (Å²) in [7, 11) is 6.47. The number of likely N-dealkylation sites (tertiary alicyclic amines) is 3. The molecule has 0 radical (unpaired) electrons. The highest BCUT2D eigenvalue weighted by atomic mass is 35.5. The number of carbonyl (C=O) groups is 3. The fourth-order valence-electron chi connectivity index (χ4n) is 17.9. The van der Waals surface area contributed by atoms with Gasteiger partial charge >= 0.3 is 17.9 Å². The topological polar surface area (TPSA) is 240 Å². The number of aromatic nitrogens is 7. The molecule has 5 aromatic heterocycles. The number of aliphatic carboxylic acids is 1. The van der Waals surface area contributed by atoms with Gasteiger partial charge in [-0.05, 0) is 313 Å². The number of thiazole rings is 3. The fourth-order valence-corrected chi connectivity index (χ4v) is 21.6. The molecule has 27 heteroatoms. The fraction of sp³-hybridized carbons (Fsp3) is 0.386. The van der Waals surface area contributed by atoms with Gasteiger partial charge in [-0.2, -0.15) is 0 Å². The number of halogens is 3. The summed E-state index contributed by atoms with van der Waals surface area (Å²) in [6.45, 7) is 37.8. The van der Waals surface area contributed by atoms with E-state index in [1.54, 1.807) is 40.9 Å². The van der Waals surface area contributed by atoms with Gasteiger partial charge in [-0.3, -0.25) is 0 Å². The Bertz CT molecular complexity index is 6500. The number of nitrogens with one attached hydrogen (secondary N) is 1. The minimum atomic E-state index is -1.15. The molecule has 0 bridgehead atoms. The van der Waals surface area contributed by atoms with Crippen molar-refractivity contribution in [3.8, 4) is 65.1 Å². The molecule has 14 aromatic rings. The molecule has 670 valence electrons. The Morgan fingerprint density at radius 1 is 0.445 bits per heavy atom. The predicted octanol–water partition coefficient (Wildman–Crippen LogP) is 24.3. The molecule has 128 heavy (non-hydrogen) atoms. The Morgan fingerprint density at radius 3 is 1.10 bits per heavy atom. The van der Waals surface area contributed by atoms with E-state index in [0.717, 1.165) is 221 Å². The summed E-state index contributed by atoms with van der Waals surface area (Å²) >= 11 is 23.6. The van der Waals surface area contributed by atoms with Crippen molar-refractivity contribution < 1.29 is 43.2 Å². The van der Waals surface area contributed by atoms with Gasteiger partial charge in [0, 0.05) is 103 Å². The molecular weight excluding hydrogens is 1730 g/mol. The van der Waals surface area contributed by atoms with Gasteiger partial charge in [0.15, 0.2) is 18.3 Å². The molecule has 21 nitrogen and oxygen atoms in total. The molecule has 0 saturated carbocycles. The van der Waals surface area contributed by atoms with Crippen molar-refractivity contribution >= 4 is 151 Å². The van der Waals surface area contributed by atoms with Gasteiger partial charge < -0.3 is 63.7 Å². The Hall–Kier alpha value is -9.77. The first kappa shape index (κ1) is 92.9. The van der Waals surface area contributed by atoms with E-state index >= 15 is 0 Å². The van der Waals surface area contributed by atoms with Crippen LogP contribution in [-0.2, 0) is 38.1 Å². The highest BCUT2D eigenvalue weighted by Gasteiger charge is 2.39. The third-order valence-corrected chi connectivity index (χ3v) is 27.5. The number of aryl methyl sites for hydroxylation is 5. The summed E-state index contributed by atoms with van der Waals surface area (Å²) in [6.07, 6.45) is 0.313. The number of anilines is 2. The van der Waals surface area contributed by atoms with Crippen LogP contribution in [0.15, 0.2) is 146 Å². The summed E-state index contributed by atoms with van der Waals surface area (Å²) < 4.78 is 37.7. The number of carboxylic acids is 1. The Labute approximate surface area is 775 Å². The summed E-state index contributed by atoms with van der Waals surface area (Å²) in [5.41, 5.74) is 26.2. The highest BCUT2D eigenvalue weighted by Crippen LogP contribution is 2.50. The van der Waals surface area contributed by atoms with Gasteiger partial charge in [0.05, 0.1) is 94.1 Å². The molecule has 3 fully saturated rings. The summed E-state index contributed by atoms with van der Waals surface area (Å²) in [6, 6.07) is 49.0. The van der Waals surface area contributed by atoms with Gasteiger partial charge in [0.1, 0.15) is 26.7 Å². The van der Waals surface area contributed by atoms with E-state index in [0.29, 0.717) is 44.4 Å². The number of fused-ring (bicyclic) bond motifs is 5. The maximum Gasteiger partial charge on any atom is 0.339 e. The highest BCUT2D eigenvalue weighted by molar-refractivity contribution is 7.23. The van der Waals surface area contributed by atoms with Crippen LogP contribution < -0.4 is 11.1 Å². The average molecular weight is 1840 g/mol. The number of benzene rings is 9. The van der Waals surface area contributed by atoms with E-state index in [-0.39, 0.29) is 13.2 Å². The molecule has 8 heterocycles. The minimum absolute atomic E-state index is 0.260. The third kappa shape index (κ3) is 20.4. The lowest BCUT2D eigenvalue weighted by Crippen LogP contribution is -2.29. The van der Waals surface area contributed by atoms with Gasteiger partial charge in [-0.25, -0.2) is 39.3 Å². The summed E-state index contributed by atoms with van der Waals surface area (Å²) in [5, 5.41) is 18.5. The van der Waals surface area contributed by atoms with E-state index in [1.807, 2.05) is 187 Å². The number of nitrogen functional groups attached to an aromatic ring is 1. The molecule has 3 aliphatic heterocycles. The molecule has 6 atom stereocenters. The number of carbonyl (C=O) groups excluding carboxylic acids is 2. The maximum atomic E-state index is 13.5. The first-order chi connectivity index (χ1) is 60.7. The number of rotatable bonds is 21. The van der Waals surface area contributed by atoms with Crippen LogP contribution in [0.1, 0.15) is 171 Å². The lowest BCUT2D eigenvalue weighted by Gasteiger charge is -2.29. The van der Waals surface area contributed by atoms with Crippen molar-refractivity contribution in [3.05, 3.63) is 206 Å². The van der Waals surface area contributed by atoms with Gasteiger partial charge in [-0.1, -0.05) is 71.2 Å². The van der Waals surface area contributed by atoms with E-state index < -0.39 is 53.0 Å². The second kappa shape index (κ2) is 38.0. The number of nitrogens with two attached hydrogens (primary N) is 1. The Morgan fingerprint density at radius 2 is 0.773 bits per heavy atom. The lowest BCUT2D eigenvalue weighted by molar-refractivity contribution is -0.167. The van der Waals surface area contributed by atoms with Crippen LogP contribution >= 0.6 is 68.8 Å². The standard InChI is InChI=1S/C35H39ClN4O3S.C33H35ClN4O3S.C33H39ClN4O3S/c1-8-42-34(41)31(43-35(4,5)6)29-20(2)17-27-32(30(29)22-9-12-24(36)13-10-22)44-33(38-27)23-11-14-26-28(18-23)40(21(3)37-26)25-15-16-39(7)19-25;1-18-15-25-30(28(20-7-10-22(34)11-8-20)27(18)29(32(39)40)41-33(3,4)5)42-31(36-25)21-9-12-24-26(16-21)38(19(2)35-24)23-13-14-37(6)17-23;1-7-40-32(39)29(41-33(3,4)5)27-19(2)16-26-30(28(27)20-8-11-22(34)12-9-20)42-31(37-26)21-10-13-24(35)25(17-21)36-23-14-15-38(6)18-23/h9-14,17-18,25,31H,8,15-16,19H2,1-7H3;7-12,15-16,23,29H,13-14,17H2,1-6H3,(H,39,40);8-13,16-17,23,29,36H,7,14-15,18,35H2,1-6H3/t25-,31-;2*23-,29-/m000/s1. The zero-order chi connectivity index (χ0) is 91.4. The van der Waals surface area contributed by atoms with Crippen molar-refractivity contribution in [3.63, 3.8) is 0 Å². The zero-order valence-corrected chi connectivity index (χ0v) is 80.9. The summed E-state index contributed by atoms with van der Waals surface area (Å²) in [5.74, 6) is 0.212. The van der Waals surface area contributed by atoms with Crippen LogP contribution in [0.5, 0.6) is 0 Å². The van der Waals surface area contributed by atoms with Crippen LogP contribution in [0.3, 0.4) is 0 Å². The SMILES string of the molecule is CCOC(=O)[C@@H](OC(C)(C)C)c1c(C)cc2nc(-c3ccc(N)c(N[C@H]4CCN(C)C4)c3)sc2c1-c1ccc(Cl)cc1.CCOC(=O)[C@@H](OC(C)(C)C)c1c(C)cc2nc(-c3ccc4nc(C)n([C@H]5CCN(C)C5)c4c3)sc2c1-c1ccc(Cl)cc1.Cc1cc2nc(-c3ccc4nc(C)n([C@H]5CCN(C)C5)c4c3)sc2c(-c2ccc(Cl)cc2)c1[C@H](OC(C)(C)C)C(=O)O. The molecule has 3 saturated heterocycles. The zero-order valence-electron chi connectivity index (χ0n) is 76.2. The van der Waals surface area contributed by atoms with Crippen molar-refractivity contribution in [2.75, 3.05) is 84.7 Å². The Kier molecular flexibility index (Phi) is 27.6. The number of hydrogen-bond acceptors (Lipinski definition) is 21. The van der Waals surface area contributed by atoms with Crippen molar-refractivity contribution in [2.45, 2.75) is 183 Å². The third-order valence-electron chi connectivity index (χ3n) is 23.3. The molecule has 0 spiro atoms. The molecule has 0 amide bonds. The Balaban J connectivity index is 0.000000148. The van der Waals surface area contributed by atoms with E-state index in [4.69, 9.17) is 89.1 Å². The van der Waals surface area contributed by atoms with E-state index in [1.165, 1.54) is 0 Å².